The maximum absolute atomic E-state index is 13.7. The first-order valence-corrected chi connectivity index (χ1v) is 11.1. The summed E-state index contributed by atoms with van der Waals surface area (Å²) in [6.07, 6.45) is -1.33. The van der Waals surface area contributed by atoms with Crippen molar-refractivity contribution in [3.63, 3.8) is 0 Å². The number of nitrogens with one attached hydrogen (secondary N) is 1. The molecule has 3 aromatic rings. The number of hydrogen-bond donors (Lipinski definition) is 1. The highest BCUT2D eigenvalue weighted by Gasteiger charge is 2.23. The lowest BCUT2D eigenvalue weighted by atomic mass is 10.2. The number of nitrogens with zero attached hydrogens (tertiary/aromatic N) is 1. The third-order valence-electron chi connectivity index (χ3n) is 4.71. The second kappa shape index (κ2) is 9.78. The summed E-state index contributed by atoms with van der Waals surface area (Å²) in [7, 11) is -2.45. The van der Waals surface area contributed by atoms with Crippen LogP contribution < -0.4 is 9.62 Å². The van der Waals surface area contributed by atoms with E-state index in [4.69, 9.17) is 4.74 Å². The SMILES string of the molecule is CC(OC(=O)c1ccc(S(=O)(=O)N(C)c2ccccc2)cc1)C(=O)Nc1cc(F)ccc1F. The number of amides is 1. The predicted molar refractivity (Wildman–Crippen MR) is 118 cm³/mol. The van der Waals surface area contributed by atoms with E-state index in [-0.39, 0.29) is 16.1 Å². The van der Waals surface area contributed by atoms with Crippen molar-refractivity contribution in [1.82, 2.24) is 0 Å². The normalized spacial score (nSPS) is 12.0. The minimum absolute atomic E-state index is 0.00732. The van der Waals surface area contributed by atoms with Crippen molar-refractivity contribution in [2.45, 2.75) is 17.9 Å². The van der Waals surface area contributed by atoms with Gasteiger partial charge in [-0.2, -0.15) is 0 Å². The van der Waals surface area contributed by atoms with E-state index < -0.39 is 39.6 Å². The van der Waals surface area contributed by atoms with E-state index in [1.165, 1.54) is 38.2 Å². The molecule has 0 radical (unpaired) electrons. The highest BCUT2D eigenvalue weighted by atomic mass is 32.2. The van der Waals surface area contributed by atoms with Crippen molar-refractivity contribution in [2.75, 3.05) is 16.7 Å². The fourth-order valence-corrected chi connectivity index (χ4v) is 4.00. The summed E-state index contributed by atoms with van der Waals surface area (Å²) >= 11 is 0. The summed E-state index contributed by atoms with van der Waals surface area (Å²) in [6.45, 7) is 1.26. The Labute approximate surface area is 189 Å². The lowest BCUT2D eigenvalue weighted by Gasteiger charge is -2.19. The summed E-state index contributed by atoms with van der Waals surface area (Å²) in [4.78, 5) is 24.5. The van der Waals surface area contributed by atoms with Gasteiger partial charge in [-0.15, -0.1) is 0 Å². The number of carbonyl (C=O) groups excluding carboxylic acids is 2. The van der Waals surface area contributed by atoms with Crippen LogP contribution in [0.5, 0.6) is 0 Å². The van der Waals surface area contributed by atoms with Gasteiger partial charge in [0.2, 0.25) is 0 Å². The summed E-state index contributed by atoms with van der Waals surface area (Å²) in [5.41, 5.74) is 0.0865. The zero-order chi connectivity index (χ0) is 24.2. The number of para-hydroxylation sites is 1. The fraction of sp³-hybridized carbons (Fsp3) is 0.130. The van der Waals surface area contributed by atoms with Crippen LogP contribution in [0.4, 0.5) is 20.2 Å². The van der Waals surface area contributed by atoms with Gasteiger partial charge in [-0.3, -0.25) is 9.10 Å². The second-order valence-corrected chi connectivity index (χ2v) is 8.96. The van der Waals surface area contributed by atoms with Gasteiger partial charge >= 0.3 is 5.97 Å². The van der Waals surface area contributed by atoms with E-state index in [1.807, 2.05) is 0 Å². The molecule has 0 saturated heterocycles. The summed E-state index contributed by atoms with van der Waals surface area (Å²) in [5.74, 6) is -3.35. The zero-order valence-corrected chi connectivity index (χ0v) is 18.5. The Hall–Kier alpha value is -3.79. The van der Waals surface area contributed by atoms with Gasteiger partial charge < -0.3 is 10.1 Å². The second-order valence-electron chi connectivity index (χ2n) is 6.99. The molecule has 1 unspecified atom stereocenters. The first kappa shape index (κ1) is 23.9. The Bertz CT molecular complexity index is 1270. The molecule has 3 rings (SSSR count). The van der Waals surface area contributed by atoms with Gasteiger partial charge in [0.25, 0.3) is 15.9 Å². The number of anilines is 2. The van der Waals surface area contributed by atoms with Crippen LogP contribution in [-0.2, 0) is 19.6 Å². The first-order chi connectivity index (χ1) is 15.6. The number of rotatable bonds is 7. The molecule has 3 aromatic carbocycles. The Morgan fingerprint density at radius 1 is 0.970 bits per heavy atom. The molecule has 1 amide bonds. The molecule has 1 N–H and O–H groups in total. The predicted octanol–water partition coefficient (Wildman–Crippen LogP) is 3.97. The number of hydrogen-bond acceptors (Lipinski definition) is 5. The average molecular weight is 474 g/mol. The molecule has 0 bridgehead atoms. The Morgan fingerprint density at radius 3 is 2.24 bits per heavy atom. The van der Waals surface area contributed by atoms with Gasteiger partial charge in [-0.25, -0.2) is 22.0 Å². The van der Waals surface area contributed by atoms with Gasteiger partial charge in [0.05, 0.1) is 21.8 Å². The quantitative estimate of drug-likeness (QED) is 0.523. The van der Waals surface area contributed by atoms with Crippen LogP contribution in [0.25, 0.3) is 0 Å². The maximum Gasteiger partial charge on any atom is 0.338 e. The molecule has 0 saturated carbocycles. The Kier molecular flexibility index (Phi) is 7.07. The summed E-state index contributed by atoms with van der Waals surface area (Å²) in [6, 6.07) is 16.0. The molecule has 1 atom stereocenters. The van der Waals surface area contributed by atoms with Crippen LogP contribution >= 0.6 is 0 Å². The number of benzene rings is 3. The topological polar surface area (TPSA) is 92.8 Å². The molecule has 0 aliphatic rings. The van der Waals surface area contributed by atoms with E-state index in [2.05, 4.69) is 5.32 Å². The molecular weight excluding hydrogens is 454 g/mol. The lowest BCUT2D eigenvalue weighted by Crippen LogP contribution is -2.30. The lowest BCUT2D eigenvalue weighted by molar-refractivity contribution is -0.123. The number of ether oxygens (including phenoxy) is 1. The molecule has 0 spiro atoms. The number of esters is 1. The first-order valence-electron chi connectivity index (χ1n) is 9.70. The number of carbonyl (C=O) groups is 2. The number of halogens is 2. The highest BCUT2D eigenvalue weighted by Crippen LogP contribution is 2.22. The van der Waals surface area contributed by atoms with Crippen molar-refractivity contribution in [1.29, 1.82) is 0 Å². The molecule has 0 aliphatic heterocycles. The van der Waals surface area contributed by atoms with Crippen LogP contribution in [-0.4, -0.2) is 33.4 Å². The van der Waals surface area contributed by atoms with Gasteiger partial charge in [0.15, 0.2) is 6.10 Å². The molecule has 33 heavy (non-hydrogen) atoms. The van der Waals surface area contributed by atoms with E-state index in [9.17, 15) is 26.8 Å². The molecule has 0 heterocycles. The summed E-state index contributed by atoms with van der Waals surface area (Å²) in [5, 5.41) is 2.15. The smallest absolute Gasteiger partial charge is 0.338 e. The molecule has 0 aromatic heterocycles. The third-order valence-corrected chi connectivity index (χ3v) is 6.51. The van der Waals surface area contributed by atoms with Crippen molar-refractivity contribution >= 4 is 33.3 Å². The number of sulfonamides is 1. The van der Waals surface area contributed by atoms with Crippen LogP contribution in [0.2, 0.25) is 0 Å². The van der Waals surface area contributed by atoms with Crippen molar-refractivity contribution in [2.24, 2.45) is 0 Å². The van der Waals surface area contributed by atoms with E-state index in [0.717, 1.165) is 22.5 Å². The zero-order valence-electron chi connectivity index (χ0n) is 17.7. The average Bonchev–Trinajstić information content (AvgIpc) is 2.81. The van der Waals surface area contributed by atoms with E-state index >= 15 is 0 Å². The van der Waals surface area contributed by atoms with Crippen LogP contribution in [0.15, 0.2) is 77.7 Å². The van der Waals surface area contributed by atoms with Gasteiger partial charge in [-0.05, 0) is 55.5 Å². The van der Waals surface area contributed by atoms with E-state index in [0.29, 0.717) is 5.69 Å². The minimum atomic E-state index is -3.86. The van der Waals surface area contributed by atoms with Crippen molar-refractivity contribution < 1.29 is 31.5 Å². The molecular formula is C23H20F2N2O5S. The summed E-state index contributed by atoms with van der Waals surface area (Å²) < 4.78 is 58.7. The highest BCUT2D eigenvalue weighted by molar-refractivity contribution is 7.92. The van der Waals surface area contributed by atoms with Crippen molar-refractivity contribution in [3.8, 4) is 0 Å². The third kappa shape index (κ3) is 5.53. The molecule has 0 aliphatic carbocycles. The maximum atomic E-state index is 13.7. The molecule has 7 nitrogen and oxygen atoms in total. The van der Waals surface area contributed by atoms with E-state index in [1.54, 1.807) is 30.3 Å². The van der Waals surface area contributed by atoms with Gasteiger partial charge in [0, 0.05) is 13.1 Å². The molecule has 0 fully saturated rings. The molecule has 10 heteroatoms. The fourth-order valence-electron chi connectivity index (χ4n) is 2.81. The Morgan fingerprint density at radius 2 is 1.61 bits per heavy atom. The minimum Gasteiger partial charge on any atom is -0.449 e. The molecule has 172 valence electrons. The van der Waals surface area contributed by atoms with Crippen LogP contribution in [0, 0.1) is 11.6 Å². The van der Waals surface area contributed by atoms with Gasteiger partial charge in [-0.1, -0.05) is 18.2 Å². The van der Waals surface area contributed by atoms with Crippen molar-refractivity contribution in [3.05, 3.63) is 90.0 Å². The van der Waals surface area contributed by atoms with Crippen LogP contribution in [0.3, 0.4) is 0 Å². The van der Waals surface area contributed by atoms with Gasteiger partial charge in [0.1, 0.15) is 11.6 Å². The monoisotopic (exact) mass is 474 g/mol. The Balaban J connectivity index is 1.67. The standard InChI is InChI=1S/C23H20F2N2O5S/c1-15(22(28)26-21-14-17(24)10-13-20(21)25)32-23(29)16-8-11-19(12-9-16)33(30,31)27(2)18-6-4-3-5-7-18/h3-15H,1-2H3,(H,26,28). The largest absolute Gasteiger partial charge is 0.449 e. The van der Waals surface area contributed by atoms with Crippen LogP contribution in [0.1, 0.15) is 17.3 Å².